The van der Waals surface area contributed by atoms with Crippen molar-refractivity contribution in [1.29, 1.82) is 0 Å². The van der Waals surface area contributed by atoms with E-state index < -0.39 is 11.7 Å². The van der Waals surface area contributed by atoms with Crippen molar-refractivity contribution >= 4 is 17.4 Å². The smallest absolute Gasteiger partial charge is 0.381 e. The van der Waals surface area contributed by atoms with Gasteiger partial charge in [-0.3, -0.25) is 0 Å². The Balaban J connectivity index is 2.07. The molecule has 0 aromatic heterocycles. The number of hydrogen-bond donors (Lipinski definition) is 2. The summed E-state index contributed by atoms with van der Waals surface area (Å²) >= 11 is 1.40. The topological polar surface area (TPSA) is 38.0 Å². The molecular formula is C18H19F3N2S. The Kier molecular flexibility index (Phi) is 4.78. The molecule has 2 aromatic carbocycles. The summed E-state index contributed by atoms with van der Waals surface area (Å²) in [6.07, 6.45) is -2.99. The summed E-state index contributed by atoms with van der Waals surface area (Å²) in [6, 6.07) is 10.3. The van der Waals surface area contributed by atoms with Crippen LogP contribution in [0.25, 0.3) is 0 Å². The molecule has 1 aliphatic heterocycles. The van der Waals surface area contributed by atoms with E-state index in [1.165, 1.54) is 23.9 Å². The number of halogens is 3. The van der Waals surface area contributed by atoms with Crippen LogP contribution >= 0.6 is 11.8 Å². The van der Waals surface area contributed by atoms with Gasteiger partial charge in [0.2, 0.25) is 0 Å². The fraction of sp³-hybridized carbons (Fsp3) is 0.333. The predicted molar refractivity (Wildman–Crippen MR) is 91.6 cm³/mol. The van der Waals surface area contributed by atoms with Crippen LogP contribution in [0.3, 0.4) is 0 Å². The molecule has 1 unspecified atom stereocenters. The van der Waals surface area contributed by atoms with Crippen LogP contribution in [0.5, 0.6) is 0 Å². The minimum Gasteiger partial charge on any atom is -0.381 e. The molecular weight excluding hydrogens is 333 g/mol. The van der Waals surface area contributed by atoms with Crippen LogP contribution in [0.2, 0.25) is 0 Å². The highest BCUT2D eigenvalue weighted by atomic mass is 32.2. The van der Waals surface area contributed by atoms with Gasteiger partial charge in [-0.15, -0.1) is 0 Å². The largest absolute Gasteiger partial charge is 0.416 e. The first kappa shape index (κ1) is 17.2. The summed E-state index contributed by atoms with van der Waals surface area (Å²) in [4.78, 5) is 1.68. The van der Waals surface area contributed by atoms with Gasteiger partial charge in [0.15, 0.2) is 0 Å². The average Bonchev–Trinajstić information content (AvgIpc) is 2.56. The lowest BCUT2D eigenvalue weighted by Gasteiger charge is -2.26. The standard InChI is InChI=1S/C18H19F3N2S/c1-2-13(10-22)23-15-8-12(18(19,20)21)9-17-14(15)7-11-5-3-4-6-16(11)24-17/h3-6,8-9,13,23H,2,7,10,22H2,1H3. The van der Waals surface area contributed by atoms with Gasteiger partial charge in [-0.25, -0.2) is 0 Å². The molecule has 3 rings (SSSR count). The lowest BCUT2D eigenvalue weighted by molar-refractivity contribution is -0.137. The fourth-order valence-corrected chi connectivity index (χ4v) is 3.96. The minimum atomic E-state index is -4.37. The maximum atomic E-state index is 13.3. The van der Waals surface area contributed by atoms with Gasteiger partial charge in [-0.05, 0) is 35.7 Å². The molecule has 0 saturated heterocycles. The molecule has 0 aliphatic carbocycles. The summed E-state index contributed by atoms with van der Waals surface area (Å²) in [5.41, 5.74) is 7.69. The molecule has 0 bridgehead atoms. The molecule has 1 atom stereocenters. The molecule has 2 aromatic rings. The molecule has 0 saturated carbocycles. The first-order chi connectivity index (χ1) is 11.4. The van der Waals surface area contributed by atoms with Gasteiger partial charge < -0.3 is 11.1 Å². The lowest BCUT2D eigenvalue weighted by atomic mass is 9.99. The summed E-state index contributed by atoms with van der Waals surface area (Å²) in [5, 5.41) is 3.21. The Morgan fingerprint density at radius 1 is 1.21 bits per heavy atom. The molecule has 24 heavy (non-hydrogen) atoms. The van der Waals surface area contributed by atoms with E-state index in [0.717, 1.165) is 22.4 Å². The van der Waals surface area contributed by atoms with Crippen molar-refractivity contribution in [3.8, 4) is 0 Å². The van der Waals surface area contributed by atoms with Crippen LogP contribution in [0.15, 0.2) is 46.2 Å². The van der Waals surface area contributed by atoms with Crippen LogP contribution < -0.4 is 11.1 Å². The molecule has 2 nitrogen and oxygen atoms in total. The first-order valence-corrected chi connectivity index (χ1v) is 8.70. The van der Waals surface area contributed by atoms with E-state index in [1.807, 2.05) is 31.2 Å². The van der Waals surface area contributed by atoms with Gasteiger partial charge in [0, 0.05) is 34.5 Å². The van der Waals surface area contributed by atoms with Crippen molar-refractivity contribution in [3.63, 3.8) is 0 Å². The Morgan fingerprint density at radius 2 is 1.96 bits per heavy atom. The van der Waals surface area contributed by atoms with Crippen LogP contribution in [0, 0.1) is 0 Å². The summed E-state index contributed by atoms with van der Waals surface area (Å²) in [5.74, 6) is 0. The van der Waals surface area contributed by atoms with Crippen molar-refractivity contribution in [3.05, 3.63) is 53.1 Å². The average molecular weight is 352 g/mol. The van der Waals surface area contributed by atoms with Crippen molar-refractivity contribution in [2.45, 2.75) is 41.8 Å². The molecule has 3 N–H and O–H groups in total. The van der Waals surface area contributed by atoms with Crippen LogP contribution in [0.4, 0.5) is 18.9 Å². The highest BCUT2D eigenvalue weighted by Gasteiger charge is 2.33. The van der Waals surface area contributed by atoms with E-state index in [1.54, 1.807) is 0 Å². The highest BCUT2D eigenvalue weighted by Crippen LogP contribution is 2.45. The van der Waals surface area contributed by atoms with Gasteiger partial charge in [0.25, 0.3) is 0 Å². The fourth-order valence-electron chi connectivity index (χ4n) is 2.82. The predicted octanol–water partition coefficient (Wildman–Crippen LogP) is 4.91. The number of anilines is 1. The number of nitrogens with two attached hydrogens (primary N) is 1. The van der Waals surface area contributed by atoms with Gasteiger partial charge >= 0.3 is 6.18 Å². The van der Waals surface area contributed by atoms with Gasteiger partial charge in [-0.1, -0.05) is 36.9 Å². The minimum absolute atomic E-state index is 0.0419. The quantitative estimate of drug-likeness (QED) is 0.701. The zero-order valence-electron chi connectivity index (χ0n) is 13.3. The van der Waals surface area contributed by atoms with Crippen LogP contribution in [0.1, 0.15) is 30.0 Å². The second-order valence-corrected chi connectivity index (χ2v) is 6.95. The Hall–Kier alpha value is -1.66. The van der Waals surface area contributed by atoms with E-state index in [4.69, 9.17) is 5.73 Å². The Morgan fingerprint density at radius 3 is 2.62 bits per heavy atom. The maximum absolute atomic E-state index is 13.3. The third kappa shape index (κ3) is 3.39. The zero-order valence-corrected chi connectivity index (χ0v) is 14.1. The second-order valence-electron chi connectivity index (χ2n) is 5.87. The summed E-state index contributed by atoms with van der Waals surface area (Å²) in [7, 11) is 0. The van der Waals surface area contributed by atoms with E-state index >= 15 is 0 Å². The molecule has 0 radical (unpaired) electrons. The van der Waals surface area contributed by atoms with Gasteiger partial charge in [0.05, 0.1) is 5.56 Å². The number of hydrogen-bond acceptors (Lipinski definition) is 3. The molecule has 128 valence electrons. The molecule has 0 fully saturated rings. The monoisotopic (exact) mass is 352 g/mol. The summed E-state index contributed by atoms with van der Waals surface area (Å²) in [6.45, 7) is 2.35. The highest BCUT2D eigenvalue weighted by molar-refractivity contribution is 7.99. The SMILES string of the molecule is CCC(CN)Nc1cc(C(F)(F)F)cc2c1Cc1ccccc1S2. The van der Waals surface area contributed by atoms with E-state index in [9.17, 15) is 13.2 Å². The maximum Gasteiger partial charge on any atom is 0.416 e. The molecule has 6 heteroatoms. The van der Waals surface area contributed by atoms with Gasteiger partial charge in [0.1, 0.15) is 0 Å². The summed E-state index contributed by atoms with van der Waals surface area (Å²) < 4.78 is 39.8. The number of rotatable bonds is 4. The van der Waals surface area contributed by atoms with E-state index in [-0.39, 0.29) is 6.04 Å². The Bertz CT molecular complexity index is 740. The van der Waals surface area contributed by atoms with E-state index in [2.05, 4.69) is 5.32 Å². The number of nitrogens with one attached hydrogen (secondary N) is 1. The Labute approximate surface area is 143 Å². The molecule has 1 aliphatic rings. The second kappa shape index (κ2) is 6.69. The molecule has 0 spiro atoms. The normalized spacial score (nSPS) is 14.7. The third-order valence-electron chi connectivity index (χ3n) is 4.23. The van der Waals surface area contributed by atoms with E-state index in [0.29, 0.717) is 23.5 Å². The first-order valence-electron chi connectivity index (χ1n) is 7.88. The van der Waals surface area contributed by atoms with Crippen molar-refractivity contribution in [2.75, 3.05) is 11.9 Å². The molecule has 0 amide bonds. The number of alkyl halides is 3. The number of benzene rings is 2. The lowest BCUT2D eigenvalue weighted by Crippen LogP contribution is -2.29. The third-order valence-corrected chi connectivity index (χ3v) is 5.44. The zero-order chi connectivity index (χ0) is 17.3. The number of fused-ring (bicyclic) bond motifs is 2. The van der Waals surface area contributed by atoms with Gasteiger partial charge in [-0.2, -0.15) is 13.2 Å². The van der Waals surface area contributed by atoms with Crippen LogP contribution in [-0.2, 0) is 12.6 Å². The van der Waals surface area contributed by atoms with Crippen molar-refractivity contribution < 1.29 is 13.2 Å². The van der Waals surface area contributed by atoms with Crippen molar-refractivity contribution in [2.24, 2.45) is 5.73 Å². The van der Waals surface area contributed by atoms with Crippen molar-refractivity contribution in [1.82, 2.24) is 0 Å². The molecule has 1 heterocycles. The van der Waals surface area contributed by atoms with Crippen LogP contribution in [-0.4, -0.2) is 12.6 Å².